The summed E-state index contributed by atoms with van der Waals surface area (Å²) in [5.41, 5.74) is 1.32. The van der Waals surface area contributed by atoms with E-state index in [9.17, 15) is 0 Å². The highest BCUT2D eigenvalue weighted by Gasteiger charge is 2.21. The molecule has 0 amide bonds. The van der Waals surface area contributed by atoms with E-state index in [0.717, 1.165) is 24.0 Å². The Morgan fingerprint density at radius 1 is 1.18 bits per heavy atom. The van der Waals surface area contributed by atoms with Crippen LogP contribution in [0, 0.1) is 5.92 Å². The monoisotopic (exact) mass is 233 g/mol. The lowest BCUT2D eigenvalue weighted by molar-refractivity contribution is 0.171. The summed E-state index contributed by atoms with van der Waals surface area (Å²) >= 11 is 0. The summed E-state index contributed by atoms with van der Waals surface area (Å²) in [6.45, 7) is 4.75. The summed E-state index contributed by atoms with van der Waals surface area (Å²) in [5, 5.41) is 3.58. The van der Waals surface area contributed by atoms with Gasteiger partial charge >= 0.3 is 0 Å². The van der Waals surface area contributed by atoms with Gasteiger partial charge in [0.2, 0.25) is 0 Å². The standard InChI is InChI=1S/C14H19NO2/c1-10-4-5-15-12(8-10)11-2-3-13-14(9-11)17-7-6-16-13/h2-3,9-10,12,15H,4-8H2,1H3. The zero-order chi connectivity index (χ0) is 11.7. The minimum atomic E-state index is 0.467. The number of rotatable bonds is 1. The SMILES string of the molecule is CC1CCNC(c2ccc3c(c2)OCCO3)C1. The summed E-state index contributed by atoms with van der Waals surface area (Å²) in [6, 6.07) is 6.78. The fourth-order valence-corrected chi connectivity index (χ4v) is 2.64. The third kappa shape index (κ3) is 2.25. The smallest absolute Gasteiger partial charge is 0.161 e. The second kappa shape index (κ2) is 4.57. The first-order valence-electron chi connectivity index (χ1n) is 6.46. The summed E-state index contributed by atoms with van der Waals surface area (Å²) < 4.78 is 11.2. The van der Waals surface area contributed by atoms with E-state index in [2.05, 4.69) is 24.4 Å². The molecule has 3 heteroatoms. The van der Waals surface area contributed by atoms with E-state index in [4.69, 9.17) is 9.47 Å². The van der Waals surface area contributed by atoms with Crippen molar-refractivity contribution in [2.75, 3.05) is 19.8 Å². The van der Waals surface area contributed by atoms with Crippen molar-refractivity contribution in [1.82, 2.24) is 5.32 Å². The van der Waals surface area contributed by atoms with Crippen LogP contribution in [-0.2, 0) is 0 Å². The van der Waals surface area contributed by atoms with Gasteiger partial charge < -0.3 is 14.8 Å². The molecule has 0 radical (unpaired) electrons. The molecule has 17 heavy (non-hydrogen) atoms. The molecular weight excluding hydrogens is 214 g/mol. The average molecular weight is 233 g/mol. The molecule has 1 fully saturated rings. The van der Waals surface area contributed by atoms with Gasteiger partial charge in [0.05, 0.1) is 0 Å². The molecular formula is C14H19NO2. The van der Waals surface area contributed by atoms with E-state index in [1.807, 2.05) is 6.07 Å². The molecule has 92 valence electrons. The van der Waals surface area contributed by atoms with E-state index in [0.29, 0.717) is 19.3 Å². The molecule has 0 aliphatic carbocycles. The zero-order valence-electron chi connectivity index (χ0n) is 10.2. The predicted molar refractivity (Wildman–Crippen MR) is 66.6 cm³/mol. The molecule has 3 nitrogen and oxygen atoms in total. The van der Waals surface area contributed by atoms with Crippen LogP contribution in [0.2, 0.25) is 0 Å². The fourth-order valence-electron chi connectivity index (χ4n) is 2.64. The average Bonchev–Trinajstić information content (AvgIpc) is 2.38. The number of nitrogens with one attached hydrogen (secondary N) is 1. The van der Waals surface area contributed by atoms with Gasteiger partial charge in [0.15, 0.2) is 11.5 Å². The summed E-state index contributed by atoms with van der Waals surface area (Å²) in [5.74, 6) is 2.58. The number of ether oxygens (including phenoxy) is 2. The Kier molecular flexibility index (Phi) is 2.93. The third-order valence-corrected chi connectivity index (χ3v) is 3.63. The maximum Gasteiger partial charge on any atom is 0.161 e. The van der Waals surface area contributed by atoms with E-state index in [-0.39, 0.29) is 0 Å². The van der Waals surface area contributed by atoms with Gasteiger partial charge in [-0.1, -0.05) is 13.0 Å². The molecule has 2 unspecified atom stereocenters. The van der Waals surface area contributed by atoms with Gasteiger partial charge in [0.1, 0.15) is 13.2 Å². The van der Waals surface area contributed by atoms with Gasteiger partial charge in [-0.25, -0.2) is 0 Å². The maximum atomic E-state index is 5.63. The van der Waals surface area contributed by atoms with Crippen LogP contribution in [0.3, 0.4) is 0 Å². The summed E-state index contributed by atoms with van der Waals surface area (Å²) in [7, 11) is 0. The zero-order valence-corrected chi connectivity index (χ0v) is 10.2. The quantitative estimate of drug-likeness (QED) is 0.808. The Hall–Kier alpha value is -1.22. The molecule has 1 N–H and O–H groups in total. The molecule has 0 saturated carbocycles. The molecule has 0 spiro atoms. The van der Waals surface area contributed by atoms with E-state index in [1.54, 1.807) is 0 Å². The largest absolute Gasteiger partial charge is 0.486 e. The van der Waals surface area contributed by atoms with Crippen molar-refractivity contribution in [2.24, 2.45) is 5.92 Å². The van der Waals surface area contributed by atoms with Gasteiger partial charge in [-0.3, -0.25) is 0 Å². The van der Waals surface area contributed by atoms with Crippen LogP contribution in [0.1, 0.15) is 31.4 Å². The van der Waals surface area contributed by atoms with Crippen LogP contribution < -0.4 is 14.8 Å². The maximum absolute atomic E-state index is 5.63. The second-order valence-corrected chi connectivity index (χ2v) is 5.04. The highest BCUT2D eigenvalue weighted by Crippen LogP contribution is 2.35. The van der Waals surface area contributed by atoms with Gasteiger partial charge in [-0.2, -0.15) is 0 Å². The number of hydrogen-bond acceptors (Lipinski definition) is 3. The Balaban J connectivity index is 1.83. The second-order valence-electron chi connectivity index (χ2n) is 5.04. The Morgan fingerprint density at radius 2 is 2.00 bits per heavy atom. The van der Waals surface area contributed by atoms with Gasteiger partial charge in [0, 0.05) is 6.04 Å². The van der Waals surface area contributed by atoms with E-state index in [1.165, 1.54) is 18.4 Å². The Morgan fingerprint density at radius 3 is 2.82 bits per heavy atom. The van der Waals surface area contributed by atoms with Crippen LogP contribution >= 0.6 is 0 Å². The molecule has 0 bridgehead atoms. The van der Waals surface area contributed by atoms with E-state index >= 15 is 0 Å². The van der Waals surface area contributed by atoms with Gasteiger partial charge in [0.25, 0.3) is 0 Å². The highest BCUT2D eigenvalue weighted by atomic mass is 16.6. The first-order valence-corrected chi connectivity index (χ1v) is 6.46. The molecule has 0 aromatic heterocycles. The van der Waals surface area contributed by atoms with Crippen molar-refractivity contribution < 1.29 is 9.47 Å². The molecule has 1 saturated heterocycles. The van der Waals surface area contributed by atoms with Crippen molar-refractivity contribution in [3.63, 3.8) is 0 Å². The van der Waals surface area contributed by atoms with Crippen molar-refractivity contribution >= 4 is 0 Å². The predicted octanol–water partition coefficient (Wildman–Crippen LogP) is 2.52. The Bertz CT molecular complexity index is 405. The number of hydrogen-bond donors (Lipinski definition) is 1. The van der Waals surface area contributed by atoms with Gasteiger partial charge in [-0.05, 0) is 43.0 Å². The number of benzene rings is 1. The van der Waals surface area contributed by atoms with Crippen LogP contribution in [0.5, 0.6) is 11.5 Å². The molecule has 2 heterocycles. The third-order valence-electron chi connectivity index (χ3n) is 3.63. The minimum absolute atomic E-state index is 0.467. The lowest BCUT2D eigenvalue weighted by atomic mass is 9.90. The molecule has 2 aliphatic rings. The van der Waals surface area contributed by atoms with Crippen LogP contribution in [-0.4, -0.2) is 19.8 Å². The first kappa shape index (κ1) is 10.9. The molecule has 1 aromatic rings. The van der Waals surface area contributed by atoms with Crippen molar-refractivity contribution in [3.8, 4) is 11.5 Å². The van der Waals surface area contributed by atoms with Gasteiger partial charge in [-0.15, -0.1) is 0 Å². The van der Waals surface area contributed by atoms with Crippen LogP contribution in [0.25, 0.3) is 0 Å². The van der Waals surface area contributed by atoms with Crippen LogP contribution in [0.4, 0.5) is 0 Å². The van der Waals surface area contributed by atoms with Crippen molar-refractivity contribution in [3.05, 3.63) is 23.8 Å². The summed E-state index contributed by atoms with van der Waals surface area (Å²) in [6.07, 6.45) is 2.49. The molecule has 3 rings (SSSR count). The van der Waals surface area contributed by atoms with Crippen molar-refractivity contribution in [2.45, 2.75) is 25.8 Å². The fraction of sp³-hybridized carbons (Fsp3) is 0.571. The normalized spacial score (nSPS) is 27.8. The molecule has 2 aliphatic heterocycles. The summed E-state index contributed by atoms with van der Waals surface area (Å²) in [4.78, 5) is 0. The minimum Gasteiger partial charge on any atom is -0.486 e. The number of fused-ring (bicyclic) bond motifs is 1. The lowest BCUT2D eigenvalue weighted by Crippen LogP contribution is -2.30. The number of piperidine rings is 1. The highest BCUT2D eigenvalue weighted by molar-refractivity contribution is 5.44. The topological polar surface area (TPSA) is 30.5 Å². The lowest BCUT2D eigenvalue weighted by Gasteiger charge is -2.29. The molecule has 2 atom stereocenters. The first-order chi connectivity index (χ1) is 8.33. The van der Waals surface area contributed by atoms with E-state index < -0.39 is 0 Å². The van der Waals surface area contributed by atoms with Crippen molar-refractivity contribution in [1.29, 1.82) is 0 Å². The molecule has 1 aromatic carbocycles. The van der Waals surface area contributed by atoms with Crippen LogP contribution in [0.15, 0.2) is 18.2 Å². The Labute approximate surface area is 102 Å².